The molecule has 0 amide bonds. The van der Waals surface area contributed by atoms with Crippen LogP contribution in [0.1, 0.15) is 12.5 Å². The molecule has 0 radical (unpaired) electrons. The van der Waals surface area contributed by atoms with E-state index in [1.54, 1.807) is 12.1 Å². The Bertz CT molecular complexity index is 560. The van der Waals surface area contributed by atoms with Gasteiger partial charge in [-0.2, -0.15) is 5.10 Å². The van der Waals surface area contributed by atoms with E-state index in [-0.39, 0.29) is 11.6 Å². The molecule has 102 valence electrons. The lowest BCUT2D eigenvalue weighted by Gasteiger charge is -2.32. The normalized spacial score (nSPS) is 16.1. The van der Waals surface area contributed by atoms with Crippen LogP contribution >= 0.6 is 23.2 Å². The van der Waals surface area contributed by atoms with Gasteiger partial charge >= 0.3 is 0 Å². The summed E-state index contributed by atoms with van der Waals surface area (Å²) in [5.74, 6) is 0. The predicted octanol–water partition coefficient (Wildman–Crippen LogP) is 1.85. The van der Waals surface area contributed by atoms with E-state index in [0.29, 0.717) is 10.6 Å². The van der Waals surface area contributed by atoms with Gasteiger partial charge in [-0.3, -0.25) is 0 Å². The minimum atomic E-state index is -1.57. The zero-order valence-corrected chi connectivity index (χ0v) is 11.7. The van der Waals surface area contributed by atoms with Crippen molar-refractivity contribution in [3.8, 4) is 0 Å². The molecule has 1 unspecified atom stereocenters. The fourth-order valence-electron chi connectivity index (χ4n) is 1.84. The lowest BCUT2D eigenvalue weighted by molar-refractivity contribution is -0.0851. The monoisotopic (exact) mass is 301 g/mol. The van der Waals surface area contributed by atoms with E-state index in [2.05, 4.69) is 10.1 Å². The van der Waals surface area contributed by atoms with Gasteiger partial charge in [0.1, 0.15) is 18.3 Å². The number of rotatable bonds is 4. The minimum Gasteiger partial charge on any atom is -0.390 e. The Morgan fingerprint density at radius 1 is 1.42 bits per heavy atom. The second-order valence-corrected chi connectivity index (χ2v) is 5.16. The SMILES string of the molecule is C[C@@H](O)C(O)(Cn1cncn1)c1ccc(Cl)cc1Cl. The van der Waals surface area contributed by atoms with Crippen molar-refractivity contribution in [3.63, 3.8) is 0 Å². The van der Waals surface area contributed by atoms with Gasteiger partial charge in [-0.1, -0.05) is 29.3 Å². The van der Waals surface area contributed by atoms with Crippen LogP contribution in [0.2, 0.25) is 10.0 Å². The van der Waals surface area contributed by atoms with Crippen LogP contribution in [0.5, 0.6) is 0 Å². The summed E-state index contributed by atoms with van der Waals surface area (Å²) < 4.78 is 1.43. The first-order valence-corrected chi connectivity index (χ1v) is 6.37. The number of halogens is 2. The first kappa shape index (κ1) is 14.3. The van der Waals surface area contributed by atoms with Crippen LogP contribution in [0.15, 0.2) is 30.9 Å². The zero-order valence-electron chi connectivity index (χ0n) is 10.2. The first-order valence-electron chi connectivity index (χ1n) is 5.62. The quantitative estimate of drug-likeness (QED) is 0.904. The van der Waals surface area contributed by atoms with Gasteiger partial charge in [0.2, 0.25) is 0 Å². The van der Waals surface area contributed by atoms with Crippen molar-refractivity contribution in [2.75, 3.05) is 0 Å². The summed E-state index contributed by atoms with van der Waals surface area (Å²) in [6.07, 6.45) is 1.76. The number of hydrogen-bond acceptors (Lipinski definition) is 4. The Morgan fingerprint density at radius 2 is 2.16 bits per heavy atom. The van der Waals surface area contributed by atoms with E-state index in [1.165, 1.54) is 30.3 Å². The number of nitrogens with zero attached hydrogens (tertiary/aromatic N) is 3. The summed E-state index contributed by atoms with van der Waals surface area (Å²) in [6.45, 7) is 1.52. The summed E-state index contributed by atoms with van der Waals surface area (Å²) >= 11 is 11.9. The van der Waals surface area contributed by atoms with Crippen molar-refractivity contribution >= 4 is 23.2 Å². The molecule has 0 aliphatic heterocycles. The molecule has 0 aliphatic rings. The van der Waals surface area contributed by atoms with Crippen molar-refractivity contribution in [3.05, 3.63) is 46.5 Å². The maximum atomic E-state index is 10.7. The van der Waals surface area contributed by atoms with E-state index in [9.17, 15) is 10.2 Å². The number of benzene rings is 1. The van der Waals surface area contributed by atoms with Crippen molar-refractivity contribution < 1.29 is 10.2 Å². The van der Waals surface area contributed by atoms with Gasteiger partial charge in [-0.15, -0.1) is 0 Å². The molecule has 19 heavy (non-hydrogen) atoms. The Kier molecular flexibility index (Phi) is 4.10. The Morgan fingerprint density at radius 3 is 2.68 bits per heavy atom. The standard InChI is InChI=1S/C12H13Cl2N3O2/c1-8(18)12(19,5-17-7-15-6-16-17)10-3-2-9(13)4-11(10)14/h2-4,6-8,18-19H,5H2,1H3/t8-,12?/m1/s1. The molecule has 0 aliphatic carbocycles. The molecule has 2 atom stereocenters. The lowest BCUT2D eigenvalue weighted by atomic mass is 9.88. The maximum absolute atomic E-state index is 10.7. The van der Waals surface area contributed by atoms with Crippen LogP contribution in [0.3, 0.4) is 0 Å². The van der Waals surface area contributed by atoms with Gasteiger partial charge < -0.3 is 10.2 Å². The first-order chi connectivity index (χ1) is 8.93. The van der Waals surface area contributed by atoms with E-state index in [4.69, 9.17) is 23.2 Å². The average Bonchev–Trinajstić information content (AvgIpc) is 2.81. The summed E-state index contributed by atoms with van der Waals surface area (Å²) in [4.78, 5) is 3.80. The van der Waals surface area contributed by atoms with Crippen molar-refractivity contribution in [1.82, 2.24) is 14.8 Å². The predicted molar refractivity (Wildman–Crippen MR) is 72.1 cm³/mol. The van der Waals surface area contributed by atoms with Gasteiger partial charge in [-0.25, -0.2) is 9.67 Å². The van der Waals surface area contributed by atoms with Crippen LogP contribution < -0.4 is 0 Å². The third kappa shape index (κ3) is 2.90. The molecular weight excluding hydrogens is 289 g/mol. The molecule has 0 spiro atoms. The smallest absolute Gasteiger partial charge is 0.137 e. The number of aliphatic hydroxyl groups excluding tert-OH is 1. The molecule has 0 saturated heterocycles. The van der Waals surface area contributed by atoms with E-state index in [1.807, 2.05) is 0 Å². The van der Waals surface area contributed by atoms with Crippen LogP contribution in [-0.4, -0.2) is 31.1 Å². The average molecular weight is 302 g/mol. The number of aliphatic hydroxyl groups is 2. The third-order valence-corrected chi connectivity index (χ3v) is 3.51. The van der Waals surface area contributed by atoms with Crippen LogP contribution in [0.25, 0.3) is 0 Å². The lowest BCUT2D eigenvalue weighted by Crippen LogP contribution is -2.42. The van der Waals surface area contributed by atoms with E-state index in [0.717, 1.165) is 0 Å². The van der Waals surface area contributed by atoms with E-state index < -0.39 is 11.7 Å². The molecular formula is C12H13Cl2N3O2. The van der Waals surface area contributed by atoms with Crippen molar-refractivity contribution in [2.45, 2.75) is 25.2 Å². The molecule has 7 heteroatoms. The molecule has 0 fully saturated rings. The largest absolute Gasteiger partial charge is 0.390 e. The minimum absolute atomic E-state index is 0.0337. The molecule has 1 heterocycles. The van der Waals surface area contributed by atoms with Gasteiger partial charge in [0.25, 0.3) is 0 Å². The topological polar surface area (TPSA) is 71.2 Å². The zero-order chi connectivity index (χ0) is 14.0. The highest BCUT2D eigenvalue weighted by Crippen LogP contribution is 2.34. The summed E-state index contributed by atoms with van der Waals surface area (Å²) in [6, 6.07) is 4.72. The molecule has 1 aromatic heterocycles. The molecule has 2 N–H and O–H groups in total. The molecule has 0 saturated carbocycles. The van der Waals surface area contributed by atoms with Gasteiger partial charge in [0, 0.05) is 15.6 Å². The molecule has 1 aromatic carbocycles. The number of hydrogen-bond donors (Lipinski definition) is 2. The molecule has 2 rings (SSSR count). The second-order valence-electron chi connectivity index (χ2n) is 4.32. The molecule has 2 aromatic rings. The Labute approximate surface area is 120 Å². The van der Waals surface area contributed by atoms with Crippen LogP contribution in [-0.2, 0) is 12.1 Å². The van der Waals surface area contributed by atoms with Gasteiger partial charge in [0.15, 0.2) is 0 Å². The summed E-state index contributed by atoms with van der Waals surface area (Å²) in [7, 11) is 0. The fourth-order valence-corrected chi connectivity index (χ4v) is 2.42. The Hall–Kier alpha value is -1.14. The van der Waals surface area contributed by atoms with Gasteiger partial charge in [0.05, 0.1) is 12.6 Å². The van der Waals surface area contributed by atoms with Gasteiger partial charge in [-0.05, 0) is 19.1 Å². The highest BCUT2D eigenvalue weighted by atomic mass is 35.5. The van der Waals surface area contributed by atoms with Crippen molar-refractivity contribution in [1.29, 1.82) is 0 Å². The van der Waals surface area contributed by atoms with Crippen LogP contribution in [0.4, 0.5) is 0 Å². The highest BCUT2D eigenvalue weighted by Gasteiger charge is 2.37. The van der Waals surface area contributed by atoms with E-state index >= 15 is 0 Å². The van der Waals surface area contributed by atoms with Crippen molar-refractivity contribution in [2.24, 2.45) is 0 Å². The summed E-state index contributed by atoms with van der Waals surface area (Å²) in [5, 5.41) is 25.3. The third-order valence-electron chi connectivity index (χ3n) is 2.96. The highest BCUT2D eigenvalue weighted by molar-refractivity contribution is 6.35. The van der Waals surface area contributed by atoms with Crippen LogP contribution in [0, 0.1) is 0 Å². The fraction of sp³-hybridized carbons (Fsp3) is 0.333. The Balaban J connectivity index is 2.43. The molecule has 0 bridgehead atoms. The maximum Gasteiger partial charge on any atom is 0.137 e. The second kappa shape index (κ2) is 5.46. The summed E-state index contributed by atoms with van der Waals surface area (Å²) in [5.41, 5.74) is -1.18. The molecule has 5 nitrogen and oxygen atoms in total. The number of aromatic nitrogens is 3.